The van der Waals surface area contributed by atoms with Gasteiger partial charge >= 0.3 is 0 Å². The zero-order valence-electron chi connectivity index (χ0n) is 11.7. The second-order valence-corrected chi connectivity index (χ2v) is 4.80. The number of allylic oxidation sites excluding steroid dienone is 2. The maximum Gasteiger partial charge on any atom is 0.115 e. The van der Waals surface area contributed by atoms with Crippen LogP contribution in [0.5, 0.6) is 11.5 Å². The third-order valence-corrected chi connectivity index (χ3v) is 3.17. The highest BCUT2D eigenvalue weighted by molar-refractivity contribution is 5.61. The number of phenols is 2. The molecule has 2 rings (SSSR count). The minimum atomic E-state index is 0.287. The number of phenolic OH excluding ortho intramolecular Hbond substituents is 2. The Morgan fingerprint density at radius 2 is 1.10 bits per heavy atom. The molecule has 2 nitrogen and oxygen atoms in total. The summed E-state index contributed by atoms with van der Waals surface area (Å²) in [5.41, 5.74) is 4.23. The van der Waals surface area contributed by atoms with Crippen LogP contribution in [0, 0.1) is 13.8 Å². The van der Waals surface area contributed by atoms with E-state index >= 15 is 0 Å². The van der Waals surface area contributed by atoms with E-state index in [9.17, 15) is 10.2 Å². The molecular formula is C18H18O2. The first kappa shape index (κ1) is 13.9. The lowest BCUT2D eigenvalue weighted by Gasteiger charge is -2.01. The molecule has 0 aliphatic heterocycles. The highest BCUT2D eigenvalue weighted by Crippen LogP contribution is 2.18. The number of aryl methyl sites for hydroxylation is 2. The second kappa shape index (κ2) is 6.11. The van der Waals surface area contributed by atoms with Crippen LogP contribution in [-0.2, 0) is 0 Å². The minimum Gasteiger partial charge on any atom is -0.508 e. The van der Waals surface area contributed by atoms with E-state index in [2.05, 4.69) is 0 Å². The quantitative estimate of drug-likeness (QED) is 0.806. The van der Waals surface area contributed by atoms with Crippen LogP contribution in [0.15, 0.2) is 48.6 Å². The number of aromatic hydroxyl groups is 2. The van der Waals surface area contributed by atoms with Gasteiger partial charge in [0, 0.05) is 0 Å². The summed E-state index contributed by atoms with van der Waals surface area (Å²) in [6.07, 6.45) is 7.93. The monoisotopic (exact) mass is 266 g/mol. The van der Waals surface area contributed by atoms with E-state index in [1.54, 1.807) is 24.3 Å². The van der Waals surface area contributed by atoms with E-state index in [0.29, 0.717) is 0 Å². The maximum absolute atomic E-state index is 9.35. The first-order valence-corrected chi connectivity index (χ1v) is 6.50. The predicted octanol–water partition coefficient (Wildman–Crippen LogP) is 4.44. The molecule has 0 aliphatic carbocycles. The predicted molar refractivity (Wildman–Crippen MR) is 83.8 cm³/mol. The van der Waals surface area contributed by atoms with Gasteiger partial charge in [-0.15, -0.1) is 0 Å². The lowest BCUT2D eigenvalue weighted by atomic mass is 10.1. The average molecular weight is 266 g/mol. The standard InChI is InChI=1S/C18H18O2/c1-13-11-17(19)9-7-15(13)5-3-4-6-16-8-10-18(20)12-14(16)2/h3-12,19-20H,1-2H3/b5-3+,6-4+. The summed E-state index contributed by atoms with van der Waals surface area (Å²) in [5.74, 6) is 0.574. The Hall–Kier alpha value is -2.48. The molecule has 0 spiro atoms. The third kappa shape index (κ3) is 3.51. The zero-order chi connectivity index (χ0) is 14.5. The van der Waals surface area contributed by atoms with Crippen molar-refractivity contribution < 1.29 is 10.2 Å². The number of rotatable bonds is 3. The molecule has 102 valence electrons. The Labute approximate surface area is 119 Å². The number of hydrogen-bond acceptors (Lipinski definition) is 2. The van der Waals surface area contributed by atoms with E-state index in [0.717, 1.165) is 22.3 Å². The van der Waals surface area contributed by atoms with Gasteiger partial charge in [-0.2, -0.15) is 0 Å². The fraction of sp³-hybridized carbons (Fsp3) is 0.111. The molecule has 0 aliphatic rings. The molecule has 0 amide bonds. The summed E-state index contributed by atoms with van der Waals surface area (Å²) < 4.78 is 0. The summed E-state index contributed by atoms with van der Waals surface area (Å²) in [5, 5.41) is 18.7. The topological polar surface area (TPSA) is 40.5 Å². The van der Waals surface area contributed by atoms with Crippen LogP contribution in [0.25, 0.3) is 12.2 Å². The average Bonchev–Trinajstić information content (AvgIpc) is 2.39. The van der Waals surface area contributed by atoms with Gasteiger partial charge in [0.25, 0.3) is 0 Å². The van der Waals surface area contributed by atoms with Crippen molar-refractivity contribution in [3.63, 3.8) is 0 Å². The van der Waals surface area contributed by atoms with Crippen molar-refractivity contribution in [3.8, 4) is 11.5 Å². The van der Waals surface area contributed by atoms with Crippen molar-refractivity contribution in [2.75, 3.05) is 0 Å². The molecular weight excluding hydrogens is 248 g/mol. The van der Waals surface area contributed by atoms with Crippen LogP contribution in [0.4, 0.5) is 0 Å². The molecule has 0 atom stereocenters. The number of benzene rings is 2. The Balaban J connectivity index is 2.11. The second-order valence-electron chi connectivity index (χ2n) is 4.80. The Kier molecular flexibility index (Phi) is 4.26. The van der Waals surface area contributed by atoms with Gasteiger partial charge in [-0.05, 0) is 60.4 Å². The van der Waals surface area contributed by atoms with Gasteiger partial charge in [0.2, 0.25) is 0 Å². The summed E-state index contributed by atoms with van der Waals surface area (Å²) in [6.45, 7) is 3.93. The van der Waals surface area contributed by atoms with Gasteiger partial charge in [0.05, 0.1) is 0 Å². The molecule has 0 aromatic heterocycles. The molecule has 2 N–H and O–H groups in total. The maximum atomic E-state index is 9.35. The Morgan fingerprint density at radius 3 is 1.45 bits per heavy atom. The lowest BCUT2D eigenvalue weighted by Crippen LogP contribution is -1.79. The van der Waals surface area contributed by atoms with Crippen LogP contribution in [0.2, 0.25) is 0 Å². The van der Waals surface area contributed by atoms with Gasteiger partial charge in [-0.3, -0.25) is 0 Å². The van der Waals surface area contributed by atoms with Crippen molar-refractivity contribution >= 4 is 12.2 Å². The molecule has 0 unspecified atom stereocenters. The summed E-state index contributed by atoms with van der Waals surface area (Å²) >= 11 is 0. The van der Waals surface area contributed by atoms with Crippen molar-refractivity contribution in [3.05, 3.63) is 70.8 Å². The van der Waals surface area contributed by atoms with Crippen molar-refractivity contribution in [2.45, 2.75) is 13.8 Å². The molecule has 2 aromatic carbocycles. The molecule has 2 aromatic rings. The lowest BCUT2D eigenvalue weighted by molar-refractivity contribution is 0.474. The van der Waals surface area contributed by atoms with Crippen molar-refractivity contribution in [2.24, 2.45) is 0 Å². The highest BCUT2D eigenvalue weighted by atomic mass is 16.3. The normalized spacial score (nSPS) is 11.5. The largest absolute Gasteiger partial charge is 0.508 e. The molecule has 0 saturated heterocycles. The molecule has 20 heavy (non-hydrogen) atoms. The molecule has 0 heterocycles. The highest BCUT2D eigenvalue weighted by Gasteiger charge is 1.96. The van der Waals surface area contributed by atoms with Gasteiger partial charge in [0.15, 0.2) is 0 Å². The third-order valence-electron chi connectivity index (χ3n) is 3.17. The number of hydrogen-bond donors (Lipinski definition) is 2. The smallest absolute Gasteiger partial charge is 0.115 e. The zero-order valence-corrected chi connectivity index (χ0v) is 11.7. The summed E-state index contributed by atoms with van der Waals surface area (Å²) in [6, 6.07) is 10.6. The SMILES string of the molecule is Cc1cc(O)ccc1/C=C/C=C/c1ccc(O)cc1C. The van der Waals surface area contributed by atoms with E-state index < -0.39 is 0 Å². The van der Waals surface area contributed by atoms with Gasteiger partial charge < -0.3 is 10.2 Å². The van der Waals surface area contributed by atoms with Crippen LogP contribution in [0.3, 0.4) is 0 Å². The van der Waals surface area contributed by atoms with E-state index in [1.165, 1.54) is 0 Å². The van der Waals surface area contributed by atoms with Crippen LogP contribution in [0.1, 0.15) is 22.3 Å². The van der Waals surface area contributed by atoms with E-state index in [4.69, 9.17) is 0 Å². The van der Waals surface area contributed by atoms with E-state index in [-0.39, 0.29) is 11.5 Å². The molecule has 0 fully saturated rings. The summed E-state index contributed by atoms with van der Waals surface area (Å²) in [7, 11) is 0. The first-order valence-electron chi connectivity index (χ1n) is 6.50. The van der Waals surface area contributed by atoms with Gasteiger partial charge in [0.1, 0.15) is 11.5 Å². The molecule has 0 saturated carbocycles. The first-order chi connectivity index (χ1) is 9.56. The van der Waals surface area contributed by atoms with Crippen molar-refractivity contribution in [1.82, 2.24) is 0 Å². The van der Waals surface area contributed by atoms with Gasteiger partial charge in [-0.25, -0.2) is 0 Å². The summed E-state index contributed by atoms with van der Waals surface area (Å²) in [4.78, 5) is 0. The van der Waals surface area contributed by atoms with Crippen LogP contribution < -0.4 is 0 Å². The fourth-order valence-corrected chi connectivity index (χ4v) is 2.01. The molecule has 0 radical (unpaired) electrons. The minimum absolute atomic E-state index is 0.287. The Morgan fingerprint density at radius 1 is 0.700 bits per heavy atom. The Bertz CT molecular complexity index is 608. The molecule has 0 bridgehead atoms. The van der Waals surface area contributed by atoms with Crippen molar-refractivity contribution in [1.29, 1.82) is 0 Å². The fourth-order valence-electron chi connectivity index (χ4n) is 2.01. The van der Waals surface area contributed by atoms with Crippen LogP contribution in [-0.4, -0.2) is 10.2 Å². The van der Waals surface area contributed by atoms with Crippen LogP contribution >= 0.6 is 0 Å². The molecule has 2 heteroatoms. The van der Waals surface area contributed by atoms with E-state index in [1.807, 2.05) is 50.3 Å². The van der Waals surface area contributed by atoms with Gasteiger partial charge in [-0.1, -0.05) is 36.4 Å².